The van der Waals surface area contributed by atoms with Crippen LogP contribution >= 0.6 is 11.8 Å². The van der Waals surface area contributed by atoms with Gasteiger partial charge in [-0.05, 0) is 18.8 Å². The fourth-order valence-electron chi connectivity index (χ4n) is 5.70. The molecule has 7 atom stereocenters. The number of likely N-dealkylation sites (tertiary alicyclic amines) is 1. The minimum absolute atomic E-state index is 0.0284. The molecule has 3 fully saturated rings. The van der Waals surface area contributed by atoms with Gasteiger partial charge in [-0.25, -0.2) is 4.79 Å². The highest BCUT2D eigenvalue weighted by molar-refractivity contribution is 8.03. The third-order valence-electron chi connectivity index (χ3n) is 7.40. The molecule has 182 valence electrons. The zero-order chi connectivity index (χ0) is 24.0. The number of aliphatic carboxylic acids is 1. The highest BCUT2D eigenvalue weighted by Gasteiger charge is 2.60. The van der Waals surface area contributed by atoms with Crippen LogP contribution in [0.5, 0.6) is 0 Å². The molecule has 0 spiro atoms. The van der Waals surface area contributed by atoms with Crippen LogP contribution in [0.3, 0.4) is 0 Å². The van der Waals surface area contributed by atoms with Gasteiger partial charge in [-0.15, -0.1) is 11.8 Å². The summed E-state index contributed by atoms with van der Waals surface area (Å²) in [6, 6.07) is -0.530. The Morgan fingerprint density at radius 2 is 2.06 bits per heavy atom. The minimum atomic E-state index is -1.12. The first-order valence-electron chi connectivity index (χ1n) is 11.6. The van der Waals surface area contributed by atoms with Gasteiger partial charge in [0.25, 0.3) is 0 Å². The smallest absolute Gasteiger partial charge is 0.353 e. The number of nitrogens with one attached hydrogen (secondary N) is 1. The molecule has 33 heavy (non-hydrogen) atoms. The van der Waals surface area contributed by atoms with Crippen LogP contribution in [0.2, 0.25) is 0 Å². The van der Waals surface area contributed by atoms with Crippen molar-refractivity contribution in [1.82, 2.24) is 15.1 Å². The van der Waals surface area contributed by atoms with Crippen molar-refractivity contribution in [2.45, 2.75) is 56.5 Å². The molecule has 0 radical (unpaired) electrons. The number of nitrogens with zero attached hydrogens (tertiary/aromatic N) is 2. The Kier molecular flexibility index (Phi) is 6.86. The quantitative estimate of drug-likeness (QED) is 0.331. The lowest BCUT2D eigenvalue weighted by atomic mass is 9.73. The van der Waals surface area contributed by atoms with Crippen molar-refractivity contribution in [1.29, 1.82) is 0 Å². The number of carbonyl (C=O) groups is 4. The molecule has 3 saturated heterocycles. The van der Waals surface area contributed by atoms with Gasteiger partial charge in [-0.2, -0.15) is 0 Å². The predicted molar refractivity (Wildman–Crippen MR) is 123 cm³/mol. The summed E-state index contributed by atoms with van der Waals surface area (Å²) in [7, 11) is 0. The molecule has 0 saturated carbocycles. The normalized spacial score (nSPS) is 34.5. The Morgan fingerprint density at radius 3 is 2.67 bits per heavy atom. The molecule has 4 aliphatic heterocycles. The average Bonchev–Trinajstić information content (AvgIpc) is 3.46. The van der Waals surface area contributed by atoms with Gasteiger partial charge in [0.05, 0.1) is 24.5 Å². The Hall–Kier alpha value is -1.95. The van der Waals surface area contributed by atoms with E-state index in [0.717, 1.165) is 6.42 Å². The summed E-state index contributed by atoms with van der Waals surface area (Å²) in [5, 5.41) is 13.2. The molecular weight excluding hydrogens is 446 g/mol. The standard InChI is InChI=1S/C22H33N5O5S/c1-10(5-13(28)7-23)16-17-11(2)19(18(22(31)32)27(17)21(16)30)33-14-6-15(25-8-14)20(29)26-4-3-12(24)9-26/h10-12,14-17,25H,3-9,23-24H2,1-2H3,(H,31,32)/t10-,11+,12+,14-,15-,16+,17+/m0/s1. The molecule has 0 aromatic rings. The van der Waals surface area contributed by atoms with Crippen molar-refractivity contribution in [3.8, 4) is 0 Å². The molecule has 11 heteroatoms. The molecule has 0 aromatic carbocycles. The summed E-state index contributed by atoms with van der Waals surface area (Å²) < 4.78 is 0. The zero-order valence-corrected chi connectivity index (χ0v) is 19.8. The number of rotatable bonds is 8. The highest BCUT2D eigenvalue weighted by Crippen LogP contribution is 2.53. The molecule has 2 amide bonds. The van der Waals surface area contributed by atoms with Crippen LogP contribution in [0.4, 0.5) is 0 Å². The first-order valence-corrected chi connectivity index (χ1v) is 12.5. The second-order valence-corrected chi connectivity index (χ2v) is 11.1. The number of fused-ring (bicyclic) bond motifs is 1. The Balaban J connectivity index is 1.44. The van der Waals surface area contributed by atoms with Gasteiger partial charge in [0, 0.05) is 48.2 Å². The van der Waals surface area contributed by atoms with Crippen LogP contribution < -0.4 is 16.8 Å². The van der Waals surface area contributed by atoms with Gasteiger partial charge in [-0.3, -0.25) is 14.4 Å². The number of nitrogens with two attached hydrogens (primary N) is 2. The van der Waals surface area contributed by atoms with Gasteiger partial charge in [0.15, 0.2) is 0 Å². The van der Waals surface area contributed by atoms with Crippen LogP contribution in [0.1, 0.15) is 33.1 Å². The molecule has 4 rings (SSSR count). The van der Waals surface area contributed by atoms with Crippen LogP contribution in [-0.4, -0.2) is 88.0 Å². The fourth-order valence-corrected chi connectivity index (χ4v) is 7.18. The van der Waals surface area contributed by atoms with E-state index in [0.29, 0.717) is 31.0 Å². The minimum Gasteiger partial charge on any atom is -0.477 e. The monoisotopic (exact) mass is 479 g/mol. The number of hydrogen-bond donors (Lipinski definition) is 4. The summed E-state index contributed by atoms with van der Waals surface area (Å²) >= 11 is 1.47. The van der Waals surface area contributed by atoms with E-state index in [1.165, 1.54) is 16.7 Å². The van der Waals surface area contributed by atoms with Gasteiger partial charge in [-0.1, -0.05) is 13.8 Å². The van der Waals surface area contributed by atoms with Crippen molar-refractivity contribution in [3.63, 3.8) is 0 Å². The van der Waals surface area contributed by atoms with E-state index in [1.54, 1.807) is 4.90 Å². The average molecular weight is 480 g/mol. The van der Waals surface area contributed by atoms with Crippen molar-refractivity contribution >= 4 is 35.3 Å². The topological polar surface area (TPSA) is 159 Å². The van der Waals surface area contributed by atoms with E-state index in [9.17, 15) is 24.3 Å². The maximum atomic E-state index is 12.9. The third kappa shape index (κ3) is 4.31. The van der Waals surface area contributed by atoms with E-state index >= 15 is 0 Å². The molecule has 6 N–H and O–H groups in total. The lowest BCUT2D eigenvalue weighted by molar-refractivity contribution is -0.160. The number of ketones is 1. The number of thioether (sulfide) groups is 1. The lowest BCUT2D eigenvalue weighted by Gasteiger charge is -2.47. The van der Waals surface area contributed by atoms with E-state index in [2.05, 4.69) is 5.32 Å². The van der Waals surface area contributed by atoms with Crippen LogP contribution in [-0.2, 0) is 19.2 Å². The molecule has 10 nitrogen and oxygen atoms in total. The predicted octanol–water partition coefficient (Wildman–Crippen LogP) is -0.663. The highest BCUT2D eigenvalue weighted by atomic mass is 32.2. The number of hydrogen-bond acceptors (Lipinski definition) is 8. The van der Waals surface area contributed by atoms with E-state index < -0.39 is 11.9 Å². The first-order chi connectivity index (χ1) is 15.6. The number of carboxylic acid groups (broad SMARTS) is 1. The molecule has 0 aliphatic carbocycles. The summed E-state index contributed by atoms with van der Waals surface area (Å²) in [5.41, 5.74) is 11.4. The largest absolute Gasteiger partial charge is 0.477 e. The number of Topliss-reactive ketones (excluding diaryl/α,β-unsaturated/α-hetero) is 1. The maximum absolute atomic E-state index is 12.9. The van der Waals surface area contributed by atoms with Crippen molar-refractivity contribution < 1.29 is 24.3 Å². The molecule has 0 unspecified atom stereocenters. The van der Waals surface area contributed by atoms with Gasteiger partial charge < -0.3 is 31.7 Å². The fraction of sp³-hybridized carbons (Fsp3) is 0.727. The number of carboxylic acids is 1. The molecule has 4 aliphatic rings. The van der Waals surface area contributed by atoms with Crippen molar-refractivity contribution in [3.05, 3.63) is 10.6 Å². The van der Waals surface area contributed by atoms with Crippen LogP contribution in [0.25, 0.3) is 0 Å². The third-order valence-corrected chi connectivity index (χ3v) is 8.91. The number of β-lactam (4-membered cyclic amide) rings is 1. The van der Waals surface area contributed by atoms with Gasteiger partial charge in [0.2, 0.25) is 11.8 Å². The summed E-state index contributed by atoms with van der Waals surface area (Å²) in [6.45, 7) is 5.58. The van der Waals surface area contributed by atoms with Gasteiger partial charge in [0.1, 0.15) is 11.5 Å². The SMILES string of the molecule is C[C@@H](CC(=O)CN)[C@H]1C(=O)N2C(C(=O)O)=C(S[C@@H]3CN[C@H](C(=O)N4CC[C@@H](N)C4)C3)[C@H](C)[C@H]12. The van der Waals surface area contributed by atoms with Crippen LogP contribution in [0, 0.1) is 17.8 Å². The molecule has 4 heterocycles. The van der Waals surface area contributed by atoms with E-state index in [-0.39, 0.29) is 71.5 Å². The first kappa shape index (κ1) is 24.2. The second kappa shape index (κ2) is 9.36. The second-order valence-electron chi connectivity index (χ2n) is 9.72. The number of amides is 2. The number of carbonyl (C=O) groups excluding carboxylic acids is 3. The zero-order valence-electron chi connectivity index (χ0n) is 19.0. The van der Waals surface area contributed by atoms with Crippen molar-refractivity contribution in [2.75, 3.05) is 26.2 Å². The Labute approximate surface area is 197 Å². The maximum Gasteiger partial charge on any atom is 0.353 e. The molecule has 0 aromatic heterocycles. The van der Waals surface area contributed by atoms with Gasteiger partial charge >= 0.3 is 5.97 Å². The molecular formula is C22H33N5O5S. The molecule has 0 bridgehead atoms. The summed E-state index contributed by atoms with van der Waals surface area (Å²) in [4.78, 5) is 53.5. The Bertz CT molecular complexity index is 894. The lowest BCUT2D eigenvalue weighted by Crippen LogP contribution is -2.62. The van der Waals surface area contributed by atoms with E-state index in [4.69, 9.17) is 11.5 Å². The van der Waals surface area contributed by atoms with E-state index in [1.807, 2.05) is 13.8 Å². The summed E-state index contributed by atoms with van der Waals surface area (Å²) in [6.07, 6.45) is 1.62. The van der Waals surface area contributed by atoms with Crippen molar-refractivity contribution in [2.24, 2.45) is 29.2 Å². The Morgan fingerprint density at radius 1 is 1.33 bits per heavy atom. The summed E-state index contributed by atoms with van der Waals surface area (Å²) in [5.74, 6) is -2.14. The van der Waals surface area contributed by atoms with Crippen LogP contribution in [0.15, 0.2) is 10.6 Å².